The Morgan fingerprint density at radius 2 is 2.17 bits per heavy atom. The molecule has 0 spiro atoms. The summed E-state index contributed by atoms with van der Waals surface area (Å²) in [6.07, 6.45) is -0.902. The molecule has 1 aliphatic heterocycles. The molecule has 1 N–H and O–H groups in total. The van der Waals surface area contributed by atoms with Gasteiger partial charge in [-0.2, -0.15) is 5.26 Å². The van der Waals surface area contributed by atoms with E-state index in [1.807, 2.05) is 13.0 Å². The van der Waals surface area contributed by atoms with Crippen LogP contribution < -0.4 is 4.52 Å². The Kier molecular flexibility index (Phi) is 7.05. The van der Waals surface area contributed by atoms with E-state index in [9.17, 15) is 9.67 Å². The van der Waals surface area contributed by atoms with Crippen LogP contribution in [0.3, 0.4) is 0 Å². The molecule has 24 heavy (non-hydrogen) atoms. The average molecular weight is 376 g/mol. The summed E-state index contributed by atoms with van der Waals surface area (Å²) >= 11 is 5.81. The highest BCUT2D eigenvalue weighted by Crippen LogP contribution is 2.52. The lowest BCUT2D eigenvalue weighted by Crippen LogP contribution is -2.28. The van der Waals surface area contributed by atoms with Crippen LogP contribution in [-0.4, -0.2) is 36.6 Å². The van der Waals surface area contributed by atoms with Gasteiger partial charge in [0, 0.05) is 11.4 Å². The van der Waals surface area contributed by atoms with E-state index in [4.69, 9.17) is 35.2 Å². The van der Waals surface area contributed by atoms with Crippen LogP contribution in [-0.2, 0) is 18.3 Å². The van der Waals surface area contributed by atoms with Crippen LogP contribution in [0.1, 0.15) is 19.8 Å². The van der Waals surface area contributed by atoms with E-state index in [0.717, 1.165) is 0 Å². The van der Waals surface area contributed by atoms with E-state index in [-0.39, 0.29) is 31.5 Å². The molecule has 0 amide bonds. The SMILES string of the molecule is CC1CC(OP(=O)(OCCC#N)Oc2ccc(Cl)cc2)C(CO)O1. The van der Waals surface area contributed by atoms with Crippen LogP contribution in [0.5, 0.6) is 5.75 Å². The van der Waals surface area contributed by atoms with Gasteiger partial charge >= 0.3 is 7.82 Å². The van der Waals surface area contributed by atoms with Crippen LogP contribution in [0, 0.1) is 11.3 Å². The second kappa shape index (κ2) is 8.82. The Morgan fingerprint density at radius 1 is 1.46 bits per heavy atom. The average Bonchev–Trinajstić information content (AvgIpc) is 2.89. The maximum atomic E-state index is 12.9. The summed E-state index contributed by atoms with van der Waals surface area (Å²) in [6, 6.07) is 8.11. The van der Waals surface area contributed by atoms with Gasteiger partial charge in [0.15, 0.2) is 0 Å². The number of hydrogen-bond donors (Lipinski definition) is 1. The van der Waals surface area contributed by atoms with Gasteiger partial charge in [-0.05, 0) is 31.2 Å². The van der Waals surface area contributed by atoms with Crippen molar-refractivity contribution in [1.29, 1.82) is 5.26 Å². The van der Waals surface area contributed by atoms with Crippen molar-refractivity contribution in [2.45, 2.75) is 38.1 Å². The second-order valence-corrected chi connectivity index (χ2v) is 7.26. The van der Waals surface area contributed by atoms with Crippen molar-refractivity contribution >= 4 is 19.4 Å². The molecule has 2 rings (SSSR count). The highest BCUT2D eigenvalue weighted by molar-refractivity contribution is 7.49. The summed E-state index contributed by atoms with van der Waals surface area (Å²) in [7, 11) is -4.00. The number of ether oxygens (including phenoxy) is 1. The van der Waals surface area contributed by atoms with Gasteiger partial charge in [-0.1, -0.05) is 11.6 Å². The maximum absolute atomic E-state index is 12.9. The summed E-state index contributed by atoms with van der Waals surface area (Å²) in [6.45, 7) is 1.45. The topological polar surface area (TPSA) is 98.0 Å². The van der Waals surface area contributed by atoms with Crippen LogP contribution >= 0.6 is 19.4 Å². The summed E-state index contributed by atoms with van der Waals surface area (Å²) in [5.74, 6) is 0.257. The predicted octanol–water partition coefficient (Wildman–Crippen LogP) is 3.31. The molecule has 1 fully saturated rings. The van der Waals surface area contributed by atoms with Gasteiger partial charge in [0.2, 0.25) is 0 Å². The zero-order valence-corrected chi connectivity index (χ0v) is 14.8. The van der Waals surface area contributed by atoms with Gasteiger partial charge in [0.1, 0.15) is 18.0 Å². The third-order valence-corrected chi connectivity index (χ3v) is 5.04. The molecule has 7 nitrogen and oxygen atoms in total. The smallest absolute Gasteiger partial charge is 0.404 e. The zero-order chi connectivity index (χ0) is 17.6. The molecule has 0 aromatic heterocycles. The number of rotatable bonds is 8. The predicted molar refractivity (Wildman–Crippen MR) is 86.8 cm³/mol. The summed E-state index contributed by atoms with van der Waals surface area (Å²) < 4.78 is 34.6. The molecule has 0 aliphatic carbocycles. The van der Waals surface area contributed by atoms with Crippen LogP contribution in [0.4, 0.5) is 0 Å². The van der Waals surface area contributed by atoms with Gasteiger partial charge in [0.25, 0.3) is 0 Å². The lowest BCUT2D eigenvalue weighted by molar-refractivity contribution is -0.0183. The minimum absolute atomic E-state index is 0.0400. The fraction of sp³-hybridized carbons (Fsp3) is 0.533. The van der Waals surface area contributed by atoms with E-state index in [0.29, 0.717) is 11.4 Å². The van der Waals surface area contributed by atoms with E-state index in [2.05, 4.69) is 0 Å². The quantitative estimate of drug-likeness (QED) is 0.549. The van der Waals surface area contributed by atoms with E-state index in [1.165, 1.54) is 12.1 Å². The number of nitriles is 1. The summed E-state index contributed by atoms with van der Waals surface area (Å²) in [4.78, 5) is 0. The van der Waals surface area contributed by atoms with Crippen molar-refractivity contribution in [2.75, 3.05) is 13.2 Å². The first-order valence-electron chi connectivity index (χ1n) is 7.47. The Morgan fingerprint density at radius 3 is 2.79 bits per heavy atom. The van der Waals surface area contributed by atoms with Crippen molar-refractivity contribution in [3.8, 4) is 11.8 Å². The van der Waals surface area contributed by atoms with Crippen molar-refractivity contribution in [3.05, 3.63) is 29.3 Å². The number of benzene rings is 1. The monoisotopic (exact) mass is 375 g/mol. The fourth-order valence-corrected chi connectivity index (χ4v) is 3.79. The van der Waals surface area contributed by atoms with Gasteiger partial charge in [-0.25, -0.2) is 4.57 Å². The minimum Gasteiger partial charge on any atom is -0.404 e. The molecular weight excluding hydrogens is 357 g/mol. The van der Waals surface area contributed by atoms with Gasteiger partial charge < -0.3 is 14.4 Å². The maximum Gasteiger partial charge on any atom is 0.530 e. The third-order valence-electron chi connectivity index (χ3n) is 3.32. The second-order valence-electron chi connectivity index (χ2n) is 5.28. The molecule has 0 bridgehead atoms. The molecular formula is C15H19ClNO6P. The number of nitrogens with zero attached hydrogens (tertiary/aromatic N) is 1. The largest absolute Gasteiger partial charge is 0.530 e. The zero-order valence-electron chi connectivity index (χ0n) is 13.1. The van der Waals surface area contributed by atoms with Crippen LogP contribution in [0.25, 0.3) is 0 Å². The summed E-state index contributed by atoms with van der Waals surface area (Å²) in [5.41, 5.74) is 0. The molecule has 4 atom stereocenters. The first-order chi connectivity index (χ1) is 11.5. The number of phosphoric acid groups is 1. The number of phosphoric ester groups is 1. The van der Waals surface area contributed by atoms with E-state index in [1.54, 1.807) is 12.1 Å². The van der Waals surface area contributed by atoms with Gasteiger partial charge in [0.05, 0.1) is 31.8 Å². The first-order valence-corrected chi connectivity index (χ1v) is 9.31. The van der Waals surface area contributed by atoms with Gasteiger partial charge in [-0.15, -0.1) is 0 Å². The molecule has 0 radical (unpaired) electrons. The molecule has 9 heteroatoms. The van der Waals surface area contributed by atoms with Crippen LogP contribution in [0.2, 0.25) is 5.02 Å². The minimum atomic E-state index is -4.00. The Labute approximate surface area is 145 Å². The Balaban J connectivity index is 2.11. The first kappa shape index (κ1) is 19.2. The highest BCUT2D eigenvalue weighted by Gasteiger charge is 2.41. The van der Waals surface area contributed by atoms with Gasteiger partial charge in [-0.3, -0.25) is 9.05 Å². The normalized spacial score (nSPS) is 25.8. The van der Waals surface area contributed by atoms with Crippen molar-refractivity contribution in [3.63, 3.8) is 0 Å². The Hall–Kier alpha value is -1.13. The Bertz CT molecular complexity index is 619. The number of aliphatic hydroxyl groups is 1. The molecule has 1 saturated heterocycles. The number of aliphatic hydroxyl groups excluding tert-OH is 1. The third kappa shape index (κ3) is 5.45. The molecule has 1 aliphatic rings. The van der Waals surface area contributed by atoms with E-state index < -0.39 is 20.0 Å². The highest BCUT2D eigenvalue weighted by atomic mass is 35.5. The number of halogens is 1. The lowest BCUT2D eigenvalue weighted by atomic mass is 10.1. The van der Waals surface area contributed by atoms with Crippen molar-refractivity contribution in [2.24, 2.45) is 0 Å². The number of hydrogen-bond acceptors (Lipinski definition) is 7. The van der Waals surface area contributed by atoms with E-state index >= 15 is 0 Å². The summed E-state index contributed by atoms with van der Waals surface area (Å²) in [5, 5.41) is 18.5. The fourth-order valence-electron chi connectivity index (χ4n) is 2.26. The molecule has 4 unspecified atom stereocenters. The standard InChI is InChI=1S/C15H19ClNO6P/c1-11-9-14(15(10-18)21-11)23-24(19,20-8-2-7-17)22-13-5-3-12(16)4-6-13/h3-6,11,14-15,18H,2,8-10H2,1H3. The molecule has 1 aromatic carbocycles. The molecule has 132 valence electrons. The van der Waals surface area contributed by atoms with Crippen molar-refractivity contribution in [1.82, 2.24) is 0 Å². The molecule has 1 aromatic rings. The van der Waals surface area contributed by atoms with Crippen molar-refractivity contribution < 1.29 is 28.0 Å². The lowest BCUT2D eigenvalue weighted by Gasteiger charge is -2.23. The van der Waals surface area contributed by atoms with Crippen LogP contribution in [0.15, 0.2) is 24.3 Å². The molecule has 0 saturated carbocycles. The molecule has 1 heterocycles.